The number of nitrogens with one attached hydrogen (secondary N) is 2. The second-order valence-corrected chi connectivity index (χ2v) is 4.46. The summed E-state index contributed by atoms with van der Waals surface area (Å²) in [7, 11) is 0. The van der Waals surface area contributed by atoms with Gasteiger partial charge in [-0.1, -0.05) is 36.4 Å². The highest BCUT2D eigenvalue weighted by Gasteiger charge is 2.11. The Morgan fingerprint density at radius 2 is 1.90 bits per heavy atom. The molecule has 0 bridgehead atoms. The molecule has 0 heterocycles. The zero-order valence-electron chi connectivity index (χ0n) is 11.6. The predicted octanol–water partition coefficient (Wildman–Crippen LogP) is 3.10. The van der Waals surface area contributed by atoms with Crippen molar-refractivity contribution in [2.45, 2.75) is 13.0 Å². The van der Waals surface area contributed by atoms with Crippen molar-refractivity contribution in [3.05, 3.63) is 60.2 Å². The van der Waals surface area contributed by atoms with Crippen molar-refractivity contribution in [3.8, 4) is 5.75 Å². The van der Waals surface area contributed by atoms with E-state index < -0.39 is 6.09 Å². The number of hydrogen-bond acceptors (Lipinski definition) is 3. The molecule has 2 rings (SSSR count). The van der Waals surface area contributed by atoms with Crippen molar-refractivity contribution in [1.29, 1.82) is 0 Å². The lowest BCUT2D eigenvalue weighted by molar-refractivity contribution is -0.105. The lowest BCUT2D eigenvalue weighted by atomic mass is 10.1. The molecule has 2 amide bonds. The van der Waals surface area contributed by atoms with Crippen LogP contribution in [0.25, 0.3) is 0 Å². The zero-order chi connectivity index (χ0) is 15.1. The van der Waals surface area contributed by atoms with Gasteiger partial charge in [-0.25, -0.2) is 4.79 Å². The molecule has 0 spiro atoms. The van der Waals surface area contributed by atoms with Crippen molar-refractivity contribution in [3.63, 3.8) is 0 Å². The van der Waals surface area contributed by atoms with Crippen LogP contribution in [0.1, 0.15) is 18.5 Å². The number of amides is 2. The molecule has 2 aromatic rings. The summed E-state index contributed by atoms with van der Waals surface area (Å²) < 4.78 is 5.19. The highest BCUT2D eigenvalue weighted by atomic mass is 16.6. The van der Waals surface area contributed by atoms with Crippen molar-refractivity contribution in [2.75, 3.05) is 5.32 Å². The van der Waals surface area contributed by atoms with Crippen LogP contribution in [0.4, 0.5) is 10.5 Å². The molecule has 0 aliphatic heterocycles. The van der Waals surface area contributed by atoms with Gasteiger partial charge < -0.3 is 15.4 Å². The summed E-state index contributed by atoms with van der Waals surface area (Å²) in [6.45, 7) is 1.88. The number of carbonyl (C=O) groups is 2. The van der Waals surface area contributed by atoms with E-state index in [9.17, 15) is 9.59 Å². The lowest BCUT2D eigenvalue weighted by Gasteiger charge is -2.14. The lowest BCUT2D eigenvalue weighted by Crippen LogP contribution is -2.29. The molecule has 0 aliphatic rings. The topological polar surface area (TPSA) is 67.4 Å². The van der Waals surface area contributed by atoms with Crippen molar-refractivity contribution in [1.82, 2.24) is 5.32 Å². The van der Waals surface area contributed by atoms with Crippen molar-refractivity contribution in [2.24, 2.45) is 0 Å². The first-order chi connectivity index (χ1) is 10.2. The third-order valence-corrected chi connectivity index (χ3v) is 2.90. The van der Waals surface area contributed by atoms with Crippen LogP contribution in [0, 0.1) is 0 Å². The zero-order valence-corrected chi connectivity index (χ0v) is 11.6. The fraction of sp³-hybridized carbons (Fsp3) is 0.125. The summed E-state index contributed by atoms with van der Waals surface area (Å²) in [4.78, 5) is 22.2. The van der Waals surface area contributed by atoms with Crippen LogP contribution in [-0.2, 0) is 4.79 Å². The summed E-state index contributed by atoms with van der Waals surface area (Å²) >= 11 is 0. The van der Waals surface area contributed by atoms with Gasteiger partial charge in [-0.2, -0.15) is 0 Å². The maximum absolute atomic E-state index is 11.8. The van der Waals surface area contributed by atoms with Gasteiger partial charge in [0.1, 0.15) is 5.75 Å². The Hall–Kier alpha value is -2.82. The Kier molecular flexibility index (Phi) is 4.93. The highest BCUT2D eigenvalue weighted by Crippen LogP contribution is 2.17. The molecule has 5 heteroatoms. The molecular weight excluding hydrogens is 268 g/mol. The molecule has 2 aromatic carbocycles. The average molecular weight is 284 g/mol. The number of carbonyl (C=O) groups excluding carboxylic acids is 2. The minimum Gasteiger partial charge on any atom is -0.410 e. The quantitative estimate of drug-likeness (QED) is 0.829. The van der Waals surface area contributed by atoms with E-state index in [1.54, 1.807) is 24.3 Å². The minimum atomic E-state index is -0.547. The van der Waals surface area contributed by atoms with E-state index in [2.05, 4.69) is 10.6 Å². The number of rotatable bonds is 5. The fourth-order valence-corrected chi connectivity index (χ4v) is 1.86. The van der Waals surface area contributed by atoms with E-state index in [-0.39, 0.29) is 6.04 Å². The van der Waals surface area contributed by atoms with E-state index >= 15 is 0 Å². The maximum Gasteiger partial charge on any atom is 0.413 e. The first kappa shape index (κ1) is 14.6. The molecule has 0 fully saturated rings. The van der Waals surface area contributed by atoms with Crippen LogP contribution < -0.4 is 15.4 Å². The summed E-state index contributed by atoms with van der Waals surface area (Å²) in [6, 6.07) is 16.0. The smallest absolute Gasteiger partial charge is 0.410 e. The molecule has 1 unspecified atom stereocenters. The molecule has 0 aromatic heterocycles. The molecule has 1 atom stereocenters. The Morgan fingerprint density at radius 1 is 1.14 bits per heavy atom. The van der Waals surface area contributed by atoms with Gasteiger partial charge in [0.2, 0.25) is 6.41 Å². The van der Waals surface area contributed by atoms with Crippen LogP contribution in [-0.4, -0.2) is 12.5 Å². The van der Waals surface area contributed by atoms with E-state index in [1.807, 2.05) is 37.3 Å². The third kappa shape index (κ3) is 4.35. The van der Waals surface area contributed by atoms with Gasteiger partial charge in [-0.15, -0.1) is 0 Å². The Labute approximate surface area is 122 Å². The number of ether oxygens (including phenoxy) is 1. The fourth-order valence-electron chi connectivity index (χ4n) is 1.86. The van der Waals surface area contributed by atoms with E-state index in [1.165, 1.54) is 0 Å². The Bertz CT molecular complexity index is 614. The summed E-state index contributed by atoms with van der Waals surface area (Å²) in [5.41, 5.74) is 1.55. The standard InChI is InChI=1S/C16H16N2O3/c1-12(13-6-3-2-4-7-13)18-16(20)21-15-9-5-8-14(10-15)17-11-19/h2-12H,1H3,(H,17,19)(H,18,20). The van der Waals surface area contributed by atoms with Gasteiger partial charge in [0.05, 0.1) is 6.04 Å². The molecule has 108 valence electrons. The third-order valence-electron chi connectivity index (χ3n) is 2.90. The molecule has 0 saturated carbocycles. The van der Waals surface area contributed by atoms with Gasteiger partial charge >= 0.3 is 6.09 Å². The molecule has 5 nitrogen and oxygen atoms in total. The van der Waals surface area contributed by atoms with E-state index in [0.717, 1.165) is 5.56 Å². The van der Waals surface area contributed by atoms with Crippen LogP contribution in [0.3, 0.4) is 0 Å². The monoisotopic (exact) mass is 284 g/mol. The predicted molar refractivity (Wildman–Crippen MR) is 80.1 cm³/mol. The Balaban J connectivity index is 1.95. The van der Waals surface area contributed by atoms with Crippen LogP contribution >= 0.6 is 0 Å². The number of anilines is 1. The minimum absolute atomic E-state index is 0.157. The van der Waals surface area contributed by atoms with Gasteiger partial charge in [-0.3, -0.25) is 4.79 Å². The van der Waals surface area contributed by atoms with Gasteiger partial charge in [0.25, 0.3) is 0 Å². The van der Waals surface area contributed by atoms with Crippen molar-refractivity contribution >= 4 is 18.2 Å². The van der Waals surface area contributed by atoms with Crippen LogP contribution in [0.5, 0.6) is 5.75 Å². The normalized spacial score (nSPS) is 11.3. The van der Waals surface area contributed by atoms with Gasteiger partial charge in [0, 0.05) is 11.8 Å². The molecule has 0 radical (unpaired) electrons. The molecule has 0 aliphatic carbocycles. The maximum atomic E-state index is 11.8. The first-order valence-corrected chi connectivity index (χ1v) is 6.52. The van der Waals surface area contributed by atoms with Gasteiger partial charge in [-0.05, 0) is 24.6 Å². The number of hydrogen-bond donors (Lipinski definition) is 2. The SMILES string of the molecule is CC(NC(=O)Oc1cccc(NC=O)c1)c1ccccc1. The second-order valence-electron chi connectivity index (χ2n) is 4.46. The first-order valence-electron chi connectivity index (χ1n) is 6.52. The molecule has 0 saturated heterocycles. The summed E-state index contributed by atoms with van der Waals surface area (Å²) in [6.07, 6.45) is 0.0195. The van der Waals surface area contributed by atoms with E-state index in [4.69, 9.17) is 4.74 Å². The molecular formula is C16H16N2O3. The Morgan fingerprint density at radius 3 is 2.62 bits per heavy atom. The molecule has 21 heavy (non-hydrogen) atoms. The average Bonchev–Trinajstić information content (AvgIpc) is 2.48. The molecule has 2 N–H and O–H groups in total. The van der Waals surface area contributed by atoms with Crippen LogP contribution in [0.15, 0.2) is 54.6 Å². The van der Waals surface area contributed by atoms with Crippen LogP contribution in [0.2, 0.25) is 0 Å². The largest absolute Gasteiger partial charge is 0.413 e. The van der Waals surface area contributed by atoms with Crippen molar-refractivity contribution < 1.29 is 14.3 Å². The highest BCUT2D eigenvalue weighted by molar-refractivity contribution is 5.74. The summed E-state index contributed by atoms with van der Waals surface area (Å²) in [5, 5.41) is 5.24. The second kappa shape index (κ2) is 7.09. The summed E-state index contributed by atoms with van der Waals surface area (Å²) in [5.74, 6) is 0.361. The van der Waals surface area contributed by atoms with Gasteiger partial charge in [0.15, 0.2) is 0 Å². The number of benzene rings is 2. The van der Waals surface area contributed by atoms with E-state index in [0.29, 0.717) is 17.8 Å².